The molecule has 0 atom stereocenters. The minimum absolute atomic E-state index is 0.0311. The topological polar surface area (TPSA) is 72.4 Å². The molecular weight excluding hydrogens is 497 g/mol. The van der Waals surface area contributed by atoms with E-state index in [-0.39, 0.29) is 4.90 Å². The zero-order valence-corrected chi connectivity index (χ0v) is 19.9. The molecule has 4 rings (SSSR count). The van der Waals surface area contributed by atoms with Gasteiger partial charge in [-0.05, 0) is 64.5 Å². The predicted molar refractivity (Wildman–Crippen MR) is 125 cm³/mol. The number of halogens is 2. The second-order valence-electron chi connectivity index (χ2n) is 7.88. The van der Waals surface area contributed by atoms with E-state index in [9.17, 15) is 12.8 Å². The van der Waals surface area contributed by atoms with Crippen molar-refractivity contribution < 1.29 is 17.5 Å². The molecule has 1 fully saturated rings. The van der Waals surface area contributed by atoms with Gasteiger partial charge in [0.15, 0.2) is 9.84 Å². The fraction of sp³-hybridized carbons (Fsp3) is 0.304. The fourth-order valence-corrected chi connectivity index (χ4v) is 4.51. The van der Waals surface area contributed by atoms with E-state index in [2.05, 4.69) is 30.8 Å². The van der Waals surface area contributed by atoms with E-state index < -0.39 is 15.7 Å². The van der Waals surface area contributed by atoms with Crippen molar-refractivity contribution in [1.82, 2.24) is 9.97 Å². The van der Waals surface area contributed by atoms with Gasteiger partial charge in [-0.25, -0.2) is 22.8 Å². The average molecular weight is 520 g/mol. The molecule has 3 aromatic rings. The molecule has 1 aliphatic heterocycles. The molecule has 0 aliphatic carbocycles. The highest BCUT2D eigenvalue weighted by Crippen LogP contribution is 2.28. The van der Waals surface area contributed by atoms with Crippen LogP contribution < -0.4 is 9.64 Å². The van der Waals surface area contributed by atoms with Crippen LogP contribution in [0.25, 0.3) is 11.1 Å². The third kappa shape index (κ3) is 5.45. The number of aromatic nitrogens is 2. The lowest BCUT2D eigenvalue weighted by atomic mass is 9.98. The van der Waals surface area contributed by atoms with Gasteiger partial charge in [0, 0.05) is 37.3 Å². The van der Waals surface area contributed by atoms with Gasteiger partial charge in [0.25, 0.3) is 0 Å². The molecule has 0 unspecified atom stereocenters. The summed E-state index contributed by atoms with van der Waals surface area (Å²) in [7, 11) is -3.44. The van der Waals surface area contributed by atoms with E-state index in [1.54, 1.807) is 24.5 Å². The van der Waals surface area contributed by atoms with Gasteiger partial charge < -0.3 is 9.64 Å². The van der Waals surface area contributed by atoms with E-state index in [0.717, 1.165) is 54.4 Å². The van der Waals surface area contributed by atoms with E-state index in [1.165, 1.54) is 12.1 Å². The number of hydrogen-bond donors (Lipinski definition) is 0. The minimum atomic E-state index is -3.44. The van der Waals surface area contributed by atoms with Crippen LogP contribution in [0.3, 0.4) is 0 Å². The van der Waals surface area contributed by atoms with Crippen LogP contribution in [0.1, 0.15) is 12.8 Å². The van der Waals surface area contributed by atoms with Gasteiger partial charge in [0.05, 0.1) is 16.0 Å². The summed E-state index contributed by atoms with van der Waals surface area (Å²) in [4.78, 5) is 10.9. The zero-order chi connectivity index (χ0) is 22.7. The zero-order valence-electron chi connectivity index (χ0n) is 17.5. The molecule has 2 aromatic carbocycles. The molecule has 0 bridgehead atoms. The lowest BCUT2D eigenvalue weighted by molar-refractivity contribution is 0.222. The van der Waals surface area contributed by atoms with E-state index >= 15 is 0 Å². The van der Waals surface area contributed by atoms with Crippen LogP contribution in [0.15, 0.2) is 64.2 Å². The molecule has 6 nitrogen and oxygen atoms in total. The van der Waals surface area contributed by atoms with Crippen LogP contribution in [-0.4, -0.2) is 44.3 Å². The number of hydrogen-bond acceptors (Lipinski definition) is 6. The van der Waals surface area contributed by atoms with E-state index in [4.69, 9.17) is 4.74 Å². The quantitative estimate of drug-likeness (QED) is 0.468. The highest BCUT2D eigenvalue weighted by atomic mass is 79.9. The normalized spacial score (nSPS) is 15.0. The van der Waals surface area contributed by atoms with E-state index in [0.29, 0.717) is 23.7 Å². The summed E-state index contributed by atoms with van der Waals surface area (Å²) in [6, 6.07) is 11.1. The number of rotatable bonds is 6. The maximum Gasteiger partial charge on any atom is 0.225 e. The minimum Gasteiger partial charge on any atom is -0.493 e. The third-order valence-electron chi connectivity index (χ3n) is 5.52. The number of sulfone groups is 1. The second kappa shape index (κ2) is 9.54. The molecule has 1 aliphatic rings. The Balaban J connectivity index is 1.32. The summed E-state index contributed by atoms with van der Waals surface area (Å²) < 4.78 is 44.4. The fourth-order valence-electron chi connectivity index (χ4n) is 3.67. The van der Waals surface area contributed by atoms with Gasteiger partial charge in [-0.3, -0.25) is 0 Å². The summed E-state index contributed by atoms with van der Waals surface area (Å²) in [5, 5.41) is 0. The smallest absolute Gasteiger partial charge is 0.225 e. The van der Waals surface area contributed by atoms with Gasteiger partial charge in [-0.2, -0.15) is 0 Å². The Morgan fingerprint density at radius 1 is 1.09 bits per heavy atom. The van der Waals surface area contributed by atoms with Crippen molar-refractivity contribution in [1.29, 1.82) is 0 Å². The van der Waals surface area contributed by atoms with Crippen molar-refractivity contribution in [3.05, 3.63) is 65.1 Å². The van der Waals surface area contributed by atoms with Crippen LogP contribution in [-0.2, 0) is 9.84 Å². The maximum atomic E-state index is 14.4. The molecule has 0 radical (unpaired) electrons. The Morgan fingerprint density at radius 2 is 1.75 bits per heavy atom. The van der Waals surface area contributed by atoms with Crippen LogP contribution in [0.4, 0.5) is 10.3 Å². The largest absolute Gasteiger partial charge is 0.493 e. The SMILES string of the molecule is CS(=O)(=O)c1ccc(-c2ccc(OCC3CCN(c4ncc(Br)cn4)CC3)cc2)c(F)c1. The first-order valence-corrected chi connectivity index (χ1v) is 12.9. The monoisotopic (exact) mass is 519 g/mol. The van der Waals surface area contributed by atoms with Crippen molar-refractivity contribution in [3.63, 3.8) is 0 Å². The Bertz CT molecular complexity index is 1180. The molecule has 0 spiro atoms. The molecule has 1 aromatic heterocycles. The number of anilines is 1. The molecule has 1 saturated heterocycles. The number of benzene rings is 2. The summed E-state index contributed by atoms with van der Waals surface area (Å²) >= 11 is 3.35. The average Bonchev–Trinajstić information content (AvgIpc) is 2.78. The van der Waals surface area contributed by atoms with Crippen molar-refractivity contribution in [2.45, 2.75) is 17.7 Å². The summed E-state index contributed by atoms with van der Waals surface area (Å²) in [6.07, 6.45) is 6.57. The lowest BCUT2D eigenvalue weighted by Crippen LogP contribution is -2.36. The lowest BCUT2D eigenvalue weighted by Gasteiger charge is -2.31. The Morgan fingerprint density at radius 3 is 2.34 bits per heavy atom. The highest BCUT2D eigenvalue weighted by molar-refractivity contribution is 9.10. The van der Waals surface area contributed by atoms with Crippen molar-refractivity contribution in [2.24, 2.45) is 5.92 Å². The summed E-state index contributed by atoms with van der Waals surface area (Å²) in [5.41, 5.74) is 1.02. The van der Waals surface area contributed by atoms with Crippen LogP contribution in [0, 0.1) is 11.7 Å². The van der Waals surface area contributed by atoms with Crippen molar-refractivity contribution >= 4 is 31.7 Å². The predicted octanol–water partition coefficient (Wildman–Crippen LogP) is 4.74. The molecule has 0 saturated carbocycles. The first-order chi connectivity index (χ1) is 15.3. The van der Waals surface area contributed by atoms with Crippen LogP contribution >= 0.6 is 15.9 Å². The van der Waals surface area contributed by atoms with Gasteiger partial charge >= 0.3 is 0 Å². The third-order valence-corrected chi connectivity index (χ3v) is 7.04. The Kier molecular flexibility index (Phi) is 6.76. The summed E-state index contributed by atoms with van der Waals surface area (Å²) in [5.74, 6) is 1.35. The van der Waals surface area contributed by atoms with Crippen molar-refractivity contribution in [3.8, 4) is 16.9 Å². The standard InChI is InChI=1S/C23H23BrFN3O3S/c1-32(29,30)20-6-7-21(22(25)12-20)17-2-4-19(5-3-17)31-15-16-8-10-28(11-9-16)23-26-13-18(24)14-27-23/h2-7,12-14,16H,8-11,15H2,1H3. The molecule has 2 heterocycles. The van der Waals surface area contributed by atoms with Gasteiger partial charge in [-0.15, -0.1) is 0 Å². The number of piperidine rings is 1. The van der Waals surface area contributed by atoms with Crippen LogP contribution in [0.2, 0.25) is 0 Å². The molecular formula is C23H23BrFN3O3S. The number of ether oxygens (including phenoxy) is 1. The maximum absolute atomic E-state index is 14.4. The molecule has 0 N–H and O–H groups in total. The second-order valence-corrected chi connectivity index (χ2v) is 10.8. The van der Waals surface area contributed by atoms with Crippen LogP contribution in [0.5, 0.6) is 5.75 Å². The molecule has 32 heavy (non-hydrogen) atoms. The summed E-state index contributed by atoms with van der Waals surface area (Å²) in [6.45, 7) is 2.39. The highest BCUT2D eigenvalue weighted by Gasteiger charge is 2.21. The van der Waals surface area contributed by atoms with Crippen molar-refractivity contribution in [2.75, 3.05) is 30.9 Å². The molecule has 0 amide bonds. The Labute approximate surface area is 195 Å². The van der Waals surface area contributed by atoms with Gasteiger partial charge in [0.2, 0.25) is 5.95 Å². The molecule has 168 valence electrons. The first-order valence-electron chi connectivity index (χ1n) is 10.2. The number of nitrogens with zero attached hydrogens (tertiary/aromatic N) is 3. The van der Waals surface area contributed by atoms with E-state index in [1.807, 2.05) is 12.1 Å². The first kappa shape index (κ1) is 22.7. The van der Waals surface area contributed by atoms with Gasteiger partial charge in [0.1, 0.15) is 11.6 Å². The molecule has 9 heteroatoms. The van der Waals surface area contributed by atoms with Gasteiger partial charge in [-0.1, -0.05) is 18.2 Å². The Hall–Kier alpha value is -2.52.